The lowest BCUT2D eigenvalue weighted by molar-refractivity contribution is -0.171. The molecule has 3 aromatic carbocycles. The molecular weight excluding hydrogens is 555 g/mol. The average Bonchev–Trinajstić information content (AvgIpc) is 3.68. The maximum atomic E-state index is 14.0. The van der Waals surface area contributed by atoms with Gasteiger partial charge in [-0.1, -0.05) is 30.3 Å². The van der Waals surface area contributed by atoms with Crippen molar-refractivity contribution in [2.45, 2.75) is 31.5 Å². The molecule has 2 aliphatic rings. The van der Waals surface area contributed by atoms with E-state index >= 15 is 0 Å². The molecule has 6 rings (SSSR count). The van der Waals surface area contributed by atoms with Crippen LogP contribution in [0.25, 0.3) is 16.7 Å². The van der Waals surface area contributed by atoms with Crippen LogP contribution in [0.5, 0.6) is 17.5 Å². The Balaban J connectivity index is 1.43. The maximum absolute atomic E-state index is 14.0. The first-order chi connectivity index (χ1) is 20.2. The number of nitrogens with zero attached hydrogens (tertiary/aromatic N) is 3. The van der Waals surface area contributed by atoms with Crippen molar-refractivity contribution in [1.82, 2.24) is 9.55 Å². The van der Waals surface area contributed by atoms with Crippen molar-refractivity contribution in [3.05, 3.63) is 71.8 Å². The lowest BCUT2D eigenvalue weighted by Gasteiger charge is -2.29. The van der Waals surface area contributed by atoms with Crippen LogP contribution in [0.3, 0.4) is 0 Å². The first-order valence-corrected chi connectivity index (χ1v) is 13.3. The molecule has 4 aromatic rings. The molecule has 42 heavy (non-hydrogen) atoms. The van der Waals surface area contributed by atoms with Gasteiger partial charge < -0.3 is 18.9 Å². The van der Waals surface area contributed by atoms with E-state index < -0.39 is 24.1 Å². The lowest BCUT2D eigenvalue weighted by atomic mass is 9.97. The van der Waals surface area contributed by atoms with Crippen molar-refractivity contribution in [1.29, 1.82) is 0 Å². The topological polar surface area (TPSA) is 92.1 Å². The molecule has 0 saturated carbocycles. The van der Waals surface area contributed by atoms with Crippen LogP contribution in [0.1, 0.15) is 36.4 Å². The van der Waals surface area contributed by atoms with Gasteiger partial charge in [0, 0.05) is 28.8 Å². The second-order valence-corrected chi connectivity index (χ2v) is 9.86. The number of alkyl halides is 3. The number of para-hydroxylation sites is 3. The highest BCUT2D eigenvalue weighted by Gasteiger charge is 2.48. The van der Waals surface area contributed by atoms with E-state index in [2.05, 4.69) is 4.98 Å². The van der Waals surface area contributed by atoms with Gasteiger partial charge in [0.05, 0.1) is 49.5 Å². The largest absolute Gasteiger partial charge is 0.493 e. The van der Waals surface area contributed by atoms with Crippen LogP contribution in [0.15, 0.2) is 60.7 Å². The Morgan fingerprint density at radius 3 is 2.62 bits per heavy atom. The number of hydrogen-bond acceptors (Lipinski definition) is 7. The fourth-order valence-corrected chi connectivity index (χ4v) is 5.51. The second kappa shape index (κ2) is 10.6. The molecule has 9 nitrogen and oxygen atoms in total. The van der Waals surface area contributed by atoms with E-state index in [0.717, 1.165) is 5.52 Å². The molecule has 1 amide bonds. The maximum Gasteiger partial charge on any atom is 0.471 e. The smallest absolute Gasteiger partial charge is 0.471 e. The number of aromatic nitrogens is 2. The van der Waals surface area contributed by atoms with Gasteiger partial charge in [0.25, 0.3) is 0 Å². The number of hydrogen-bond donors (Lipinski definition) is 0. The first kappa shape index (κ1) is 27.4. The third-order valence-corrected chi connectivity index (χ3v) is 7.38. The van der Waals surface area contributed by atoms with Crippen molar-refractivity contribution in [3.63, 3.8) is 0 Å². The van der Waals surface area contributed by atoms with Crippen molar-refractivity contribution < 1.29 is 41.7 Å². The van der Waals surface area contributed by atoms with Gasteiger partial charge in [-0.3, -0.25) is 19.1 Å². The van der Waals surface area contributed by atoms with Gasteiger partial charge in [-0.2, -0.15) is 18.2 Å². The number of rotatable bonds is 7. The Morgan fingerprint density at radius 2 is 1.86 bits per heavy atom. The lowest BCUT2D eigenvalue weighted by Crippen LogP contribution is -2.44. The Kier molecular flexibility index (Phi) is 6.91. The van der Waals surface area contributed by atoms with Crippen LogP contribution in [0.2, 0.25) is 0 Å². The fourth-order valence-electron chi connectivity index (χ4n) is 5.51. The molecule has 218 valence electrons. The van der Waals surface area contributed by atoms with E-state index in [1.165, 1.54) is 19.2 Å². The number of carbonyl (C=O) groups is 2. The Labute approximate surface area is 238 Å². The zero-order chi connectivity index (χ0) is 29.6. The summed E-state index contributed by atoms with van der Waals surface area (Å²) < 4.78 is 66.0. The number of benzene rings is 3. The summed E-state index contributed by atoms with van der Waals surface area (Å²) >= 11 is 0. The molecule has 0 saturated heterocycles. The number of fused-ring (bicyclic) bond motifs is 3. The summed E-state index contributed by atoms with van der Waals surface area (Å²) in [5.41, 5.74) is 2.96. The third kappa shape index (κ3) is 4.66. The van der Waals surface area contributed by atoms with Crippen LogP contribution in [-0.4, -0.2) is 54.5 Å². The molecule has 0 N–H and O–H groups in total. The zero-order valence-corrected chi connectivity index (χ0v) is 22.7. The molecule has 3 heterocycles. The minimum absolute atomic E-state index is 0.00951. The highest BCUT2D eigenvalue weighted by Crippen LogP contribution is 2.46. The number of carbonyl (C=O) groups excluding carboxylic acids is 2. The molecule has 12 heteroatoms. The summed E-state index contributed by atoms with van der Waals surface area (Å²) in [5.74, 6) is -2.15. The predicted octanol–water partition coefficient (Wildman–Crippen LogP) is 5.49. The van der Waals surface area contributed by atoms with Crippen molar-refractivity contribution in [3.8, 4) is 23.2 Å². The van der Waals surface area contributed by atoms with Crippen LogP contribution in [0.4, 0.5) is 18.9 Å². The van der Waals surface area contributed by atoms with Gasteiger partial charge in [-0.25, -0.2) is 0 Å². The number of amides is 1. The average molecular weight is 582 g/mol. The predicted molar refractivity (Wildman–Crippen MR) is 145 cm³/mol. The highest BCUT2D eigenvalue weighted by atomic mass is 19.4. The van der Waals surface area contributed by atoms with E-state index in [9.17, 15) is 22.8 Å². The molecule has 0 aliphatic carbocycles. The monoisotopic (exact) mass is 581 g/mol. The minimum Gasteiger partial charge on any atom is -0.493 e. The quantitative estimate of drug-likeness (QED) is 0.267. The number of esters is 1. The molecule has 2 atom stereocenters. The SMILES string of the molecule is CCOc1nc2ccccc2n1-c1cccc2c1OC[C@H]2N(C(=O)C(F)(F)F)c1ccc2c(c1)OC[C@H]2CC(=O)OC. The fraction of sp³-hybridized carbons (Fsp3) is 0.300. The minimum atomic E-state index is -5.16. The summed E-state index contributed by atoms with van der Waals surface area (Å²) in [7, 11) is 1.28. The van der Waals surface area contributed by atoms with E-state index in [1.54, 1.807) is 28.8 Å². The van der Waals surface area contributed by atoms with Gasteiger partial charge in [0.15, 0.2) is 0 Å². The van der Waals surface area contributed by atoms with E-state index in [1.807, 2.05) is 31.2 Å². The molecule has 0 unspecified atom stereocenters. The third-order valence-electron chi connectivity index (χ3n) is 7.38. The summed E-state index contributed by atoms with van der Waals surface area (Å²) in [4.78, 5) is 30.0. The molecule has 0 spiro atoms. The van der Waals surface area contributed by atoms with Gasteiger partial charge in [0.1, 0.15) is 18.1 Å². The number of methoxy groups -OCH3 is 1. The normalized spacial score (nSPS) is 17.3. The van der Waals surface area contributed by atoms with Gasteiger partial charge in [-0.15, -0.1) is 0 Å². The van der Waals surface area contributed by atoms with Crippen molar-refractivity contribution in [2.24, 2.45) is 0 Å². The number of halogens is 3. The molecule has 2 aliphatic heterocycles. The van der Waals surface area contributed by atoms with Crippen LogP contribution in [-0.2, 0) is 14.3 Å². The molecule has 0 radical (unpaired) electrons. The molecule has 1 aromatic heterocycles. The van der Waals surface area contributed by atoms with Gasteiger partial charge in [-0.05, 0) is 31.2 Å². The summed E-state index contributed by atoms with van der Waals surface area (Å²) in [6.07, 6.45) is -5.09. The van der Waals surface area contributed by atoms with Gasteiger partial charge >= 0.3 is 24.1 Å². The Bertz CT molecular complexity index is 1680. The number of imidazole rings is 1. The van der Waals surface area contributed by atoms with E-state index in [-0.39, 0.29) is 31.2 Å². The Morgan fingerprint density at radius 1 is 1.05 bits per heavy atom. The number of anilines is 1. The molecule has 0 fully saturated rings. The summed E-state index contributed by atoms with van der Waals surface area (Å²) in [5, 5.41) is 0. The second-order valence-electron chi connectivity index (χ2n) is 9.86. The summed E-state index contributed by atoms with van der Waals surface area (Å²) in [6.45, 7) is 2.12. The van der Waals surface area contributed by atoms with E-state index in [0.29, 0.717) is 51.3 Å². The van der Waals surface area contributed by atoms with Crippen LogP contribution in [0, 0.1) is 0 Å². The standard InChI is InChI=1S/C30H26F3N3O6/c1-3-40-29-34-21-8-4-5-9-22(21)36(29)23-10-6-7-20-24(16-42-27(20)23)35(28(38)30(31,32)33)18-11-12-19-17(13-26(37)39-2)15-41-25(19)14-18/h4-12,14,17,24H,3,13,15-16H2,1-2H3/t17-,24-/m1/s1. The van der Waals surface area contributed by atoms with Crippen molar-refractivity contribution >= 4 is 28.6 Å². The molecule has 0 bridgehead atoms. The molecular formula is C30H26F3N3O6. The van der Waals surface area contributed by atoms with Crippen LogP contribution < -0.4 is 19.1 Å². The van der Waals surface area contributed by atoms with Gasteiger partial charge in [0.2, 0.25) is 0 Å². The Hall–Kier alpha value is -4.74. The first-order valence-electron chi connectivity index (χ1n) is 13.3. The summed E-state index contributed by atoms with van der Waals surface area (Å²) in [6, 6.07) is 16.1. The van der Waals surface area contributed by atoms with Crippen LogP contribution >= 0.6 is 0 Å². The highest BCUT2D eigenvalue weighted by molar-refractivity contribution is 5.98. The van der Waals surface area contributed by atoms with E-state index in [4.69, 9.17) is 18.9 Å². The van der Waals surface area contributed by atoms with Crippen molar-refractivity contribution in [2.75, 3.05) is 31.8 Å². The zero-order valence-electron chi connectivity index (χ0n) is 22.7. The number of ether oxygens (including phenoxy) is 4.